The maximum absolute atomic E-state index is 13.0. The number of hydrogen-bond acceptors (Lipinski definition) is 4. The van der Waals surface area contributed by atoms with Gasteiger partial charge in [0.15, 0.2) is 0 Å². The summed E-state index contributed by atoms with van der Waals surface area (Å²) in [6.45, 7) is 0.595. The van der Waals surface area contributed by atoms with E-state index in [1.165, 1.54) is 12.2 Å². The molecule has 3 aromatic rings. The first-order chi connectivity index (χ1) is 13.3. The molecule has 2 aromatic heterocycles. The molecule has 4 rings (SSSR count). The molecule has 0 radical (unpaired) electrons. The number of rotatable bonds is 5. The fourth-order valence-corrected chi connectivity index (χ4v) is 3.66. The Bertz CT molecular complexity index is 1070. The third-order valence-electron chi connectivity index (χ3n) is 4.26. The first-order valence-electron chi connectivity index (χ1n) is 8.50. The largest absolute Gasteiger partial charge is 0.445 e. The minimum Gasteiger partial charge on any atom is -0.352 e. The molecular formula is C18H14ClF3N4OS. The second kappa shape index (κ2) is 7.21. The highest BCUT2D eigenvalue weighted by Gasteiger charge is 2.36. The molecule has 0 atom stereocenters. The predicted molar refractivity (Wildman–Crippen MR) is 101 cm³/mol. The van der Waals surface area contributed by atoms with Crippen LogP contribution in [-0.4, -0.2) is 27.0 Å². The van der Waals surface area contributed by atoms with Crippen molar-refractivity contribution in [2.75, 3.05) is 6.54 Å². The lowest BCUT2D eigenvalue weighted by Crippen LogP contribution is -2.23. The van der Waals surface area contributed by atoms with Crippen molar-refractivity contribution in [3.8, 4) is 11.3 Å². The zero-order chi connectivity index (χ0) is 19.9. The summed E-state index contributed by atoms with van der Waals surface area (Å²) < 4.78 is 40.2. The van der Waals surface area contributed by atoms with Crippen LogP contribution in [0.25, 0.3) is 22.3 Å². The van der Waals surface area contributed by atoms with Gasteiger partial charge in [0.2, 0.25) is 15.9 Å². The number of halogens is 4. The van der Waals surface area contributed by atoms with Crippen molar-refractivity contribution < 1.29 is 18.0 Å². The Morgan fingerprint density at radius 3 is 2.79 bits per heavy atom. The molecule has 5 nitrogen and oxygen atoms in total. The quantitative estimate of drug-likeness (QED) is 0.603. The first-order valence-corrected chi connectivity index (χ1v) is 9.70. The number of amides is 1. The highest BCUT2D eigenvalue weighted by Crippen LogP contribution is 2.36. The van der Waals surface area contributed by atoms with Crippen LogP contribution in [-0.2, 0) is 11.0 Å². The highest BCUT2D eigenvalue weighted by molar-refractivity contribution is 7.16. The van der Waals surface area contributed by atoms with Gasteiger partial charge in [0.1, 0.15) is 5.69 Å². The Hall–Kier alpha value is -2.39. The number of fused-ring (bicyclic) bond motifs is 1. The number of nitrogens with zero attached hydrogens (tertiary/aromatic N) is 3. The molecule has 1 aliphatic carbocycles. The van der Waals surface area contributed by atoms with Crippen LogP contribution < -0.4 is 5.32 Å². The van der Waals surface area contributed by atoms with E-state index in [4.69, 9.17) is 11.6 Å². The molecule has 0 bridgehead atoms. The van der Waals surface area contributed by atoms with Gasteiger partial charge >= 0.3 is 6.18 Å². The second-order valence-electron chi connectivity index (χ2n) is 6.45. The molecule has 0 saturated heterocycles. The van der Waals surface area contributed by atoms with E-state index in [0.717, 1.165) is 17.4 Å². The van der Waals surface area contributed by atoms with Gasteiger partial charge in [-0.2, -0.15) is 13.2 Å². The number of carbonyl (C=O) groups excluding carboxylic acids is 1. The van der Waals surface area contributed by atoms with Crippen molar-refractivity contribution in [2.45, 2.75) is 19.0 Å². The molecule has 0 unspecified atom stereocenters. The van der Waals surface area contributed by atoms with E-state index in [1.807, 2.05) is 0 Å². The van der Waals surface area contributed by atoms with Crippen LogP contribution in [0.2, 0.25) is 5.02 Å². The van der Waals surface area contributed by atoms with E-state index in [9.17, 15) is 18.0 Å². The third kappa shape index (κ3) is 3.90. The van der Waals surface area contributed by atoms with Crippen LogP contribution in [0.3, 0.4) is 0 Å². The minimum absolute atomic E-state index is 0.0697. The molecule has 1 saturated carbocycles. The average Bonchev–Trinajstić information content (AvgIpc) is 3.27. The lowest BCUT2D eigenvalue weighted by molar-refractivity contribution is -0.138. The number of carbonyl (C=O) groups is 1. The maximum Gasteiger partial charge on any atom is 0.445 e. The third-order valence-corrected chi connectivity index (χ3v) is 5.55. The Balaban J connectivity index is 1.75. The molecule has 10 heteroatoms. The lowest BCUT2D eigenvalue weighted by atomic mass is 10.1. The molecule has 0 spiro atoms. The highest BCUT2D eigenvalue weighted by atomic mass is 35.5. The average molecular weight is 427 g/mol. The van der Waals surface area contributed by atoms with E-state index in [2.05, 4.69) is 15.4 Å². The molecule has 146 valence electrons. The number of aromatic nitrogens is 3. The van der Waals surface area contributed by atoms with Gasteiger partial charge in [-0.3, -0.25) is 4.79 Å². The summed E-state index contributed by atoms with van der Waals surface area (Å²) in [6, 6.07) is 6.86. The summed E-state index contributed by atoms with van der Waals surface area (Å²) in [5.74, 6) is 0.198. The molecule has 28 heavy (non-hydrogen) atoms. The Morgan fingerprint density at radius 2 is 2.11 bits per heavy atom. The molecule has 1 aromatic carbocycles. The van der Waals surface area contributed by atoms with Crippen molar-refractivity contribution in [1.29, 1.82) is 0 Å². The number of nitrogens with one attached hydrogen (secondary N) is 1. The SMILES string of the molecule is O=C(/C=C/c1c(-c2ccccc2Cl)nc2sc(C(F)(F)F)nn12)NCC1CC1. The smallest absolute Gasteiger partial charge is 0.352 e. The topological polar surface area (TPSA) is 59.3 Å². The van der Waals surface area contributed by atoms with Crippen molar-refractivity contribution in [3.05, 3.63) is 46.1 Å². The summed E-state index contributed by atoms with van der Waals surface area (Å²) in [5.41, 5.74) is 1.18. The van der Waals surface area contributed by atoms with E-state index in [-0.39, 0.29) is 16.6 Å². The van der Waals surface area contributed by atoms with E-state index >= 15 is 0 Å². The van der Waals surface area contributed by atoms with Crippen LogP contribution in [0.5, 0.6) is 0 Å². The molecular weight excluding hydrogens is 413 g/mol. The van der Waals surface area contributed by atoms with Crippen LogP contribution in [0.1, 0.15) is 23.5 Å². The fraction of sp³-hybridized carbons (Fsp3) is 0.278. The van der Waals surface area contributed by atoms with Gasteiger partial charge in [0, 0.05) is 18.2 Å². The van der Waals surface area contributed by atoms with Crippen molar-refractivity contribution in [1.82, 2.24) is 19.9 Å². The molecule has 1 N–H and O–H groups in total. The molecule has 1 fully saturated rings. The summed E-state index contributed by atoms with van der Waals surface area (Å²) in [4.78, 5) is 16.4. The van der Waals surface area contributed by atoms with Gasteiger partial charge in [-0.15, -0.1) is 5.10 Å². The van der Waals surface area contributed by atoms with Gasteiger partial charge < -0.3 is 5.32 Å². The van der Waals surface area contributed by atoms with Crippen LogP contribution in [0.4, 0.5) is 13.2 Å². The lowest BCUT2D eigenvalue weighted by Gasteiger charge is -2.03. The zero-order valence-electron chi connectivity index (χ0n) is 14.3. The van der Waals surface area contributed by atoms with E-state index < -0.39 is 11.2 Å². The Morgan fingerprint density at radius 1 is 1.36 bits per heavy atom. The summed E-state index contributed by atoms with van der Waals surface area (Å²) in [7, 11) is 0. The molecule has 2 heterocycles. The predicted octanol–water partition coefficient (Wildman–Crippen LogP) is 4.67. The van der Waals surface area contributed by atoms with Crippen molar-refractivity contribution in [3.63, 3.8) is 0 Å². The number of benzene rings is 1. The Kier molecular flexibility index (Phi) is 4.88. The van der Waals surface area contributed by atoms with Gasteiger partial charge in [-0.25, -0.2) is 9.50 Å². The zero-order valence-corrected chi connectivity index (χ0v) is 15.9. The number of imidazole rings is 1. The van der Waals surface area contributed by atoms with Crippen LogP contribution >= 0.6 is 22.9 Å². The molecule has 1 aliphatic rings. The van der Waals surface area contributed by atoms with Gasteiger partial charge in [0.25, 0.3) is 0 Å². The molecule has 1 amide bonds. The van der Waals surface area contributed by atoms with Crippen LogP contribution in [0.15, 0.2) is 30.3 Å². The van der Waals surface area contributed by atoms with Gasteiger partial charge in [0.05, 0.1) is 10.7 Å². The van der Waals surface area contributed by atoms with Crippen molar-refractivity contribution >= 4 is 39.9 Å². The van der Waals surface area contributed by atoms with Crippen molar-refractivity contribution in [2.24, 2.45) is 5.92 Å². The van der Waals surface area contributed by atoms with E-state index in [0.29, 0.717) is 40.1 Å². The molecule has 0 aliphatic heterocycles. The summed E-state index contributed by atoms with van der Waals surface area (Å²) in [5, 5.41) is 5.81. The summed E-state index contributed by atoms with van der Waals surface area (Å²) >= 11 is 6.67. The number of hydrogen-bond donors (Lipinski definition) is 1. The normalized spacial score (nSPS) is 14.9. The monoisotopic (exact) mass is 426 g/mol. The minimum atomic E-state index is -4.57. The van der Waals surface area contributed by atoms with Crippen LogP contribution in [0, 0.1) is 5.92 Å². The Labute approximate surface area is 166 Å². The summed E-state index contributed by atoms with van der Waals surface area (Å²) in [6.07, 6.45) is 0.323. The second-order valence-corrected chi connectivity index (χ2v) is 7.81. The van der Waals surface area contributed by atoms with E-state index in [1.54, 1.807) is 24.3 Å². The first kappa shape index (κ1) is 18.9. The standard InChI is InChI=1S/C18H14ClF3N4OS/c19-12-4-2-1-3-11(12)15-13(7-8-14(27)23-9-10-5-6-10)26-17(24-15)28-16(25-26)18(20,21)22/h1-4,7-8,10H,5-6,9H2,(H,23,27)/b8-7+. The maximum atomic E-state index is 13.0. The number of alkyl halides is 3. The van der Waals surface area contributed by atoms with Gasteiger partial charge in [-0.1, -0.05) is 41.1 Å². The fourth-order valence-electron chi connectivity index (χ4n) is 2.66. The van der Waals surface area contributed by atoms with Gasteiger partial charge in [-0.05, 0) is 30.9 Å².